The van der Waals surface area contributed by atoms with Crippen molar-refractivity contribution in [2.75, 3.05) is 12.8 Å². The van der Waals surface area contributed by atoms with Crippen LogP contribution in [0.25, 0.3) is 0 Å². The maximum atomic E-state index is 12.5. The van der Waals surface area contributed by atoms with E-state index in [4.69, 9.17) is 0 Å². The van der Waals surface area contributed by atoms with Crippen molar-refractivity contribution in [2.45, 2.75) is 18.7 Å². The molecule has 0 N–H and O–H groups in total. The second-order valence-electron chi connectivity index (χ2n) is 3.42. The summed E-state index contributed by atoms with van der Waals surface area (Å²) >= 11 is 0. The van der Waals surface area contributed by atoms with E-state index in [-0.39, 0.29) is 0 Å². The van der Waals surface area contributed by atoms with Gasteiger partial charge in [-0.05, 0) is 26.0 Å². The monoisotopic (exact) mass is 223 g/mol. The summed E-state index contributed by atoms with van der Waals surface area (Å²) in [6.45, 7) is 3.93. The van der Waals surface area contributed by atoms with Crippen LogP contribution in [0, 0.1) is 0 Å². The second-order valence-corrected chi connectivity index (χ2v) is 5.82. The summed E-state index contributed by atoms with van der Waals surface area (Å²) in [5.74, 6) is 0.518. The minimum atomic E-state index is -2.26. The average molecular weight is 223 g/mol. The molecule has 0 aromatic heterocycles. The van der Waals surface area contributed by atoms with Gasteiger partial charge in [0.05, 0.1) is 15.5 Å². The minimum absolute atomic E-state index is 0.518. The fourth-order valence-electron chi connectivity index (χ4n) is 1.28. The van der Waals surface area contributed by atoms with E-state index in [0.717, 1.165) is 10.5 Å². The van der Waals surface area contributed by atoms with Crippen LogP contribution in [-0.4, -0.2) is 17.0 Å². The maximum Gasteiger partial charge on any atom is 0.0788 e. The molecule has 0 saturated heterocycles. The lowest BCUT2D eigenvalue weighted by Crippen LogP contribution is -2.07. The fraction of sp³-hybridized carbons (Fsp3) is 0.333. The quantitative estimate of drug-likeness (QED) is 0.724. The molecular weight excluding hydrogens is 206 g/mol. The molecule has 0 bridgehead atoms. The lowest BCUT2D eigenvalue weighted by Gasteiger charge is -2.09. The zero-order chi connectivity index (χ0) is 11.3. The van der Waals surface area contributed by atoms with Crippen LogP contribution in [0.1, 0.15) is 13.8 Å². The molecule has 0 amide bonds. The highest BCUT2D eigenvalue weighted by molar-refractivity contribution is 7.93. The van der Waals surface area contributed by atoms with Crippen LogP contribution < -0.4 is 0 Å². The van der Waals surface area contributed by atoms with Crippen molar-refractivity contribution in [2.24, 2.45) is 4.36 Å². The van der Waals surface area contributed by atoms with Gasteiger partial charge in [0.25, 0.3) is 0 Å². The van der Waals surface area contributed by atoms with Gasteiger partial charge in [0.15, 0.2) is 0 Å². The van der Waals surface area contributed by atoms with Crippen LogP contribution in [0.2, 0.25) is 0 Å². The van der Waals surface area contributed by atoms with Crippen molar-refractivity contribution in [1.29, 1.82) is 0 Å². The molecule has 0 saturated carbocycles. The van der Waals surface area contributed by atoms with Gasteiger partial charge in [-0.1, -0.05) is 29.8 Å². The molecule has 0 fully saturated rings. The Morgan fingerprint density at radius 2 is 2.00 bits per heavy atom. The van der Waals surface area contributed by atoms with Gasteiger partial charge in [-0.2, -0.15) is 0 Å². The molecule has 15 heavy (non-hydrogen) atoms. The molecule has 1 unspecified atom stereocenters. The van der Waals surface area contributed by atoms with E-state index in [1.807, 2.05) is 50.3 Å². The SMILES string of the molecule is C/C=C(/C)CS(=O)(=NC)c1ccccc1. The van der Waals surface area contributed by atoms with Crippen LogP contribution >= 0.6 is 0 Å². The highest BCUT2D eigenvalue weighted by Gasteiger charge is 2.11. The zero-order valence-corrected chi connectivity index (χ0v) is 10.3. The molecule has 0 spiro atoms. The molecular formula is C12H17NOS. The summed E-state index contributed by atoms with van der Waals surface area (Å²) in [4.78, 5) is 0.814. The molecule has 1 aromatic carbocycles. The Hall–Kier alpha value is -1.09. The van der Waals surface area contributed by atoms with Crippen molar-refractivity contribution >= 4 is 9.73 Å². The topological polar surface area (TPSA) is 29.4 Å². The maximum absolute atomic E-state index is 12.5. The number of hydrogen-bond donors (Lipinski definition) is 0. The number of allylic oxidation sites excluding steroid dienone is 1. The van der Waals surface area contributed by atoms with Crippen LogP contribution in [0.5, 0.6) is 0 Å². The number of hydrogen-bond acceptors (Lipinski definition) is 2. The third-order valence-electron chi connectivity index (χ3n) is 2.32. The minimum Gasteiger partial charge on any atom is -0.244 e. The molecule has 1 rings (SSSR count). The number of benzene rings is 1. The first-order valence-electron chi connectivity index (χ1n) is 4.92. The Bertz CT molecular complexity index is 454. The van der Waals surface area contributed by atoms with Gasteiger partial charge in [-0.3, -0.25) is 0 Å². The summed E-state index contributed by atoms with van der Waals surface area (Å²) in [5, 5.41) is 0. The first-order chi connectivity index (χ1) is 7.12. The van der Waals surface area contributed by atoms with Crippen molar-refractivity contribution in [3.63, 3.8) is 0 Å². The van der Waals surface area contributed by atoms with Gasteiger partial charge < -0.3 is 0 Å². The Balaban J connectivity index is 3.14. The van der Waals surface area contributed by atoms with Crippen LogP contribution in [0.4, 0.5) is 0 Å². The van der Waals surface area contributed by atoms with Gasteiger partial charge in [0.2, 0.25) is 0 Å². The van der Waals surface area contributed by atoms with E-state index in [2.05, 4.69) is 4.36 Å². The van der Waals surface area contributed by atoms with Gasteiger partial charge in [0.1, 0.15) is 0 Å². The molecule has 0 aliphatic heterocycles. The van der Waals surface area contributed by atoms with Gasteiger partial charge in [-0.15, -0.1) is 0 Å². The molecule has 1 aromatic rings. The van der Waals surface area contributed by atoms with E-state index >= 15 is 0 Å². The molecule has 0 aliphatic rings. The van der Waals surface area contributed by atoms with Crippen LogP contribution in [0.15, 0.2) is 51.2 Å². The van der Waals surface area contributed by atoms with E-state index in [9.17, 15) is 4.21 Å². The summed E-state index contributed by atoms with van der Waals surface area (Å²) in [6.07, 6.45) is 1.98. The van der Waals surface area contributed by atoms with Gasteiger partial charge >= 0.3 is 0 Å². The Morgan fingerprint density at radius 3 is 2.47 bits per heavy atom. The summed E-state index contributed by atoms with van der Waals surface area (Å²) < 4.78 is 16.6. The molecule has 82 valence electrons. The van der Waals surface area contributed by atoms with Crippen molar-refractivity contribution in [3.05, 3.63) is 42.0 Å². The zero-order valence-electron chi connectivity index (χ0n) is 9.43. The van der Waals surface area contributed by atoms with Crippen molar-refractivity contribution in [3.8, 4) is 0 Å². The molecule has 2 nitrogen and oxygen atoms in total. The van der Waals surface area contributed by atoms with Gasteiger partial charge in [0, 0.05) is 11.9 Å². The average Bonchev–Trinajstić information content (AvgIpc) is 2.30. The van der Waals surface area contributed by atoms with E-state index in [1.165, 1.54) is 0 Å². The number of nitrogens with zero attached hydrogens (tertiary/aromatic N) is 1. The summed E-state index contributed by atoms with van der Waals surface area (Å²) in [5.41, 5.74) is 1.11. The second kappa shape index (κ2) is 5.12. The van der Waals surface area contributed by atoms with E-state index < -0.39 is 9.73 Å². The molecule has 0 radical (unpaired) electrons. The first kappa shape index (κ1) is 12.0. The predicted octanol–water partition coefficient (Wildman–Crippen LogP) is 3.11. The van der Waals surface area contributed by atoms with E-state index in [0.29, 0.717) is 5.75 Å². The molecule has 0 aliphatic carbocycles. The van der Waals surface area contributed by atoms with Crippen LogP contribution in [-0.2, 0) is 9.73 Å². The normalized spacial score (nSPS) is 15.8. The molecule has 0 heterocycles. The first-order valence-corrected chi connectivity index (χ1v) is 6.60. The number of rotatable bonds is 3. The Labute approximate surface area is 92.2 Å². The predicted molar refractivity (Wildman–Crippen MR) is 65.5 cm³/mol. The lowest BCUT2D eigenvalue weighted by molar-refractivity contribution is 0.677. The summed E-state index contributed by atoms with van der Waals surface area (Å²) in [6, 6.07) is 9.45. The van der Waals surface area contributed by atoms with Gasteiger partial charge in [-0.25, -0.2) is 8.57 Å². The lowest BCUT2D eigenvalue weighted by atomic mass is 10.3. The third-order valence-corrected chi connectivity index (χ3v) is 4.77. The molecule has 3 heteroatoms. The third kappa shape index (κ3) is 2.93. The van der Waals surface area contributed by atoms with E-state index in [1.54, 1.807) is 7.05 Å². The Kier molecular flexibility index (Phi) is 4.09. The van der Waals surface area contributed by atoms with Crippen LogP contribution in [0.3, 0.4) is 0 Å². The standard InChI is InChI=1S/C12H17NOS/c1-4-11(2)10-15(14,13-3)12-8-6-5-7-9-12/h4-9H,10H2,1-3H3/b11-4-. The summed E-state index contributed by atoms with van der Waals surface area (Å²) in [7, 11) is -0.637. The smallest absolute Gasteiger partial charge is 0.0788 e. The highest BCUT2D eigenvalue weighted by atomic mass is 32.2. The fourth-order valence-corrected chi connectivity index (χ4v) is 3.15. The van der Waals surface area contributed by atoms with Crippen molar-refractivity contribution in [1.82, 2.24) is 0 Å². The van der Waals surface area contributed by atoms with Crippen molar-refractivity contribution < 1.29 is 4.21 Å². The highest BCUT2D eigenvalue weighted by Crippen LogP contribution is 2.15. The molecule has 1 atom stereocenters. The Morgan fingerprint density at radius 1 is 1.40 bits per heavy atom. The largest absolute Gasteiger partial charge is 0.244 e.